The molecule has 1 aliphatic rings. The summed E-state index contributed by atoms with van der Waals surface area (Å²) in [6.45, 7) is 19.7. The smallest absolute Gasteiger partial charge is 0.662 e. The van der Waals surface area contributed by atoms with Crippen molar-refractivity contribution in [1.82, 2.24) is 0 Å². The minimum absolute atomic E-state index is 0. The van der Waals surface area contributed by atoms with Gasteiger partial charge in [-0.05, 0) is 0 Å². The van der Waals surface area contributed by atoms with E-state index in [0.717, 1.165) is 45.7 Å². The van der Waals surface area contributed by atoms with Gasteiger partial charge in [0.2, 0.25) is 0 Å². The van der Waals surface area contributed by atoms with Gasteiger partial charge in [-0.2, -0.15) is 6.08 Å². The maximum atomic E-state index is 4.35. The molecule has 0 aromatic rings. The molecule has 0 fully saturated rings. The first-order chi connectivity index (χ1) is 15.7. The number of unbranched alkanes of at least 4 members (excludes halogenated alkanes) is 6. The van der Waals surface area contributed by atoms with E-state index < -0.39 is 0 Å². The predicted octanol–water partition coefficient (Wildman–Crippen LogP) is 10.6. The molecule has 203 valence electrons. The van der Waals surface area contributed by atoms with Gasteiger partial charge in [-0.3, -0.25) is 6.08 Å². The molecule has 0 atom stereocenters. The number of allylic oxidation sites excluding steroid dienone is 4. The van der Waals surface area contributed by atoms with Crippen LogP contribution < -0.4 is 0 Å². The maximum absolute atomic E-state index is 4.35. The van der Waals surface area contributed by atoms with E-state index in [2.05, 4.69) is 69.6 Å². The van der Waals surface area contributed by atoms with Crippen LogP contribution in [0.25, 0.3) is 16.0 Å². The van der Waals surface area contributed by atoms with Crippen molar-refractivity contribution in [1.29, 1.82) is 0 Å². The first kappa shape index (κ1) is 44.1. The molecule has 34 heavy (non-hydrogen) atoms. The van der Waals surface area contributed by atoms with Gasteiger partial charge in [0.15, 0.2) is 0 Å². The second kappa shape index (κ2) is 50.0. The topological polar surface area (TPSA) is 42.3 Å². The van der Waals surface area contributed by atoms with E-state index in [1.165, 1.54) is 77.0 Å². The van der Waals surface area contributed by atoms with Crippen LogP contribution in [0.5, 0.6) is 0 Å². The third-order valence-corrected chi connectivity index (χ3v) is 4.60. The van der Waals surface area contributed by atoms with Crippen molar-refractivity contribution < 1.29 is 21.7 Å². The third kappa shape index (κ3) is 58.2. The molecule has 0 aromatic heterocycles. The van der Waals surface area contributed by atoms with Gasteiger partial charge in [-0.25, -0.2) is 12.2 Å². The molecule has 0 aliphatic heterocycles. The van der Waals surface area contributed by atoms with Gasteiger partial charge in [0.05, 0.1) is 0 Å². The first-order valence-corrected chi connectivity index (χ1v) is 13.9. The van der Waals surface area contributed by atoms with E-state index in [1.54, 1.807) is 0 Å². The summed E-state index contributed by atoms with van der Waals surface area (Å²) in [4.78, 5) is 0. The van der Waals surface area contributed by atoms with Crippen molar-refractivity contribution in [2.24, 2.45) is 0 Å². The second-order valence-electron chi connectivity index (χ2n) is 8.14. The Hall–Kier alpha value is 0.0743. The van der Waals surface area contributed by atoms with Crippen LogP contribution in [0.4, 0.5) is 0 Å². The fourth-order valence-corrected chi connectivity index (χ4v) is 2.30. The average Bonchev–Trinajstić information content (AvgIpc) is 3.40. The average molecular weight is 513 g/mol. The van der Waals surface area contributed by atoms with Gasteiger partial charge in [0.1, 0.15) is 0 Å². The Kier molecular flexibility index (Phi) is 64.9. The van der Waals surface area contributed by atoms with E-state index >= 15 is 0 Å². The largest absolute Gasteiger partial charge is 3.00 e. The molecular weight excluding hydrogens is 450 g/mol. The molecule has 0 spiro atoms. The molecule has 0 saturated heterocycles. The summed E-state index contributed by atoms with van der Waals surface area (Å²) in [5.74, 6) is 0. The molecule has 0 amide bonds. The quantitative estimate of drug-likeness (QED) is 0.0995. The number of rotatable bonds is 18. The Morgan fingerprint density at radius 3 is 0.912 bits per heavy atom. The Labute approximate surface area is 233 Å². The van der Waals surface area contributed by atoms with Gasteiger partial charge in [-0.1, -0.05) is 119 Å². The number of hydrogen-bond donors (Lipinski definition) is 0. The SMILES string of the molecule is CCCC[N-]CCCC.CCCC[N-]CCCC.CCCC[N-]CCCC.[C-]1=CC=CC1.[CH3-].[Ti+3]. The number of nitrogens with zero attached hydrogens (tertiary/aromatic N) is 3. The van der Waals surface area contributed by atoms with Crippen LogP contribution >= 0.6 is 0 Å². The maximum Gasteiger partial charge on any atom is 3.00 e. The van der Waals surface area contributed by atoms with Crippen molar-refractivity contribution >= 4 is 0 Å². The molecule has 0 N–H and O–H groups in total. The molecule has 0 unspecified atom stereocenters. The zero-order valence-electron chi connectivity index (χ0n) is 24.5. The molecule has 1 radical (unpaired) electrons. The summed E-state index contributed by atoms with van der Waals surface area (Å²) in [5.41, 5.74) is 0. The van der Waals surface area contributed by atoms with Crippen LogP contribution in [0, 0.1) is 13.5 Å². The van der Waals surface area contributed by atoms with E-state index in [1.807, 2.05) is 12.2 Å². The summed E-state index contributed by atoms with van der Waals surface area (Å²) in [6.07, 6.45) is 25.2. The molecule has 4 heteroatoms. The van der Waals surface area contributed by atoms with Crippen LogP contribution in [0.3, 0.4) is 0 Å². The normalized spacial score (nSPS) is 10.5. The third-order valence-electron chi connectivity index (χ3n) is 4.60. The molecule has 0 aromatic carbocycles. The van der Waals surface area contributed by atoms with Crippen molar-refractivity contribution in [3.05, 3.63) is 47.7 Å². The minimum Gasteiger partial charge on any atom is -0.662 e. The van der Waals surface area contributed by atoms with Crippen molar-refractivity contribution in [2.75, 3.05) is 39.3 Å². The second-order valence-corrected chi connectivity index (χ2v) is 8.14. The van der Waals surface area contributed by atoms with Crippen LogP contribution in [-0.2, 0) is 21.7 Å². The fraction of sp³-hybridized carbons (Fsp3) is 0.833. The van der Waals surface area contributed by atoms with Crippen molar-refractivity contribution in [2.45, 2.75) is 125 Å². The van der Waals surface area contributed by atoms with Gasteiger partial charge >= 0.3 is 21.7 Å². The van der Waals surface area contributed by atoms with Gasteiger partial charge in [0.25, 0.3) is 0 Å². The van der Waals surface area contributed by atoms with Gasteiger partial charge in [0, 0.05) is 0 Å². The van der Waals surface area contributed by atoms with Crippen LogP contribution in [0.15, 0.2) is 18.2 Å². The summed E-state index contributed by atoms with van der Waals surface area (Å²) < 4.78 is 0. The molecular formula is C30H62N3Ti-2. The van der Waals surface area contributed by atoms with Crippen LogP contribution in [-0.4, -0.2) is 39.3 Å². The van der Waals surface area contributed by atoms with E-state index in [0.29, 0.717) is 0 Å². The van der Waals surface area contributed by atoms with E-state index in [-0.39, 0.29) is 29.1 Å². The predicted molar refractivity (Wildman–Crippen MR) is 157 cm³/mol. The molecule has 0 saturated carbocycles. The molecule has 0 bridgehead atoms. The Morgan fingerprint density at radius 1 is 0.529 bits per heavy atom. The van der Waals surface area contributed by atoms with Crippen molar-refractivity contribution in [3.8, 4) is 0 Å². The fourth-order valence-electron chi connectivity index (χ4n) is 2.30. The van der Waals surface area contributed by atoms with Crippen LogP contribution in [0.1, 0.15) is 125 Å². The summed E-state index contributed by atoms with van der Waals surface area (Å²) in [6, 6.07) is 0. The van der Waals surface area contributed by atoms with Crippen LogP contribution in [0.2, 0.25) is 0 Å². The summed E-state index contributed by atoms with van der Waals surface area (Å²) in [7, 11) is 0. The molecule has 3 nitrogen and oxygen atoms in total. The monoisotopic (exact) mass is 512 g/mol. The Morgan fingerprint density at radius 2 is 0.794 bits per heavy atom. The Bertz CT molecular complexity index is 272. The summed E-state index contributed by atoms with van der Waals surface area (Å²) >= 11 is 0. The van der Waals surface area contributed by atoms with E-state index in [9.17, 15) is 0 Å². The van der Waals surface area contributed by atoms with Crippen molar-refractivity contribution in [3.63, 3.8) is 0 Å². The molecule has 0 heterocycles. The molecule has 1 aliphatic carbocycles. The van der Waals surface area contributed by atoms with Gasteiger partial charge in [-0.15, -0.1) is 45.7 Å². The Balaban J connectivity index is -0.000000109. The number of hydrogen-bond acceptors (Lipinski definition) is 0. The minimum atomic E-state index is 0. The zero-order valence-corrected chi connectivity index (χ0v) is 26.1. The molecule has 1 rings (SSSR count). The van der Waals surface area contributed by atoms with E-state index in [4.69, 9.17) is 0 Å². The summed E-state index contributed by atoms with van der Waals surface area (Å²) in [5, 5.41) is 13.1. The van der Waals surface area contributed by atoms with Gasteiger partial charge < -0.3 is 23.4 Å². The first-order valence-electron chi connectivity index (χ1n) is 13.9. The standard InChI is InChI=1S/3C8H18N.C5H5.CH3.Ti/c3*1-3-5-7-9-8-6-4-2;1-2-4-5-3-1;;/h3*3-8H2,1-2H3;1-3H,4H2;1H3;/q5*-1;+3. The zero-order chi connectivity index (χ0) is 24.4.